The van der Waals surface area contributed by atoms with E-state index in [4.69, 9.17) is 9.47 Å². The van der Waals surface area contributed by atoms with Gasteiger partial charge in [-0.25, -0.2) is 8.78 Å². The van der Waals surface area contributed by atoms with E-state index in [0.717, 1.165) is 69.2 Å². The summed E-state index contributed by atoms with van der Waals surface area (Å²) in [5.41, 5.74) is 2.08. The predicted molar refractivity (Wildman–Crippen MR) is 160 cm³/mol. The van der Waals surface area contributed by atoms with Crippen molar-refractivity contribution in [1.82, 2.24) is 0 Å². The van der Waals surface area contributed by atoms with Gasteiger partial charge in [0.05, 0.1) is 13.2 Å². The van der Waals surface area contributed by atoms with Crippen molar-refractivity contribution in [2.24, 2.45) is 0 Å². The summed E-state index contributed by atoms with van der Waals surface area (Å²) in [5.74, 6) is -2.69. The van der Waals surface area contributed by atoms with Gasteiger partial charge >= 0.3 is 12.7 Å². The molecule has 4 rings (SSSR count). The third kappa shape index (κ3) is 12.0. The first kappa shape index (κ1) is 35.4. The lowest BCUT2D eigenvalue weighted by molar-refractivity contribution is -0.276. The minimum Gasteiger partial charge on any atom is -0.494 e. The highest BCUT2D eigenvalue weighted by Crippen LogP contribution is 2.32. The summed E-state index contributed by atoms with van der Waals surface area (Å²) in [7, 11) is 0. The largest absolute Gasteiger partial charge is 0.573 e. The maximum absolute atomic E-state index is 14.0. The number of rotatable bonds is 16. The molecule has 0 saturated heterocycles. The topological polar surface area (TPSA) is 36.9 Å². The molecule has 252 valence electrons. The Morgan fingerprint density at radius 2 is 0.723 bits per heavy atom. The van der Waals surface area contributed by atoms with Crippen molar-refractivity contribution >= 4 is 0 Å². The summed E-state index contributed by atoms with van der Waals surface area (Å²) in [5, 5.41) is 0. The van der Waals surface area contributed by atoms with Gasteiger partial charge in [-0.15, -0.1) is 26.3 Å². The van der Waals surface area contributed by atoms with Crippen LogP contribution in [0.1, 0.15) is 44.9 Å². The van der Waals surface area contributed by atoms with Gasteiger partial charge in [-0.3, -0.25) is 0 Å². The van der Waals surface area contributed by atoms with Crippen molar-refractivity contribution in [3.63, 3.8) is 0 Å². The zero-order valence-corrected chi connectivity index (χ0v) is 25.1. The normalized spacial score (nSPS) is 11.7. The van der Waals surface area contributed by atoms with Crippen LogP contribution in [0.2, 0.25) is 0 Å². The van der Waals surface area contributed by atoms with Gasteiger partial charge in [-0.05, 0) is 83.6 Å². The lowest BCUT2D eigenvalue weighted by atomic mass is 10.1. The predicted octanol–water partition coefficient (Wildman–Crippen LogP) is 11.3. The minimum absolute atomic E-state index is 0.413. The molecule has 0 aliphatic carbocycles. The highest BCUT2D eigenvalue weighted by Gasteiger charge is 2.33. The van der Waals surface area contributed by atoms with E-state index in [9.17, 15) is 35.1 Å². The molecule has 0 atom stereocenters. The van der Waals surface area contributed by atoms with Crippen LogP contribution in [0.5, 0.6) is 23.0 Å². The quantitative estimate of drug-likeness (QED) is 0.0880. The van der Waals surface area contributed by atoms with Crippen LogP contribution < -0.4 is 18.9 Å². The Hall–Kier alpha value is -4.48. The maximum atomic E-state index is 14.0. The zero-order chi connectivity index (χ0) is 33.9. The first-order chi connectivity index (χ1) is 22.4. The number of unbranched alkanes of at least 4 members (excludes halogenated alkanes) is 6. The van der Waals surface area contributed by atoms with Crippen molar-refractivity contribution in [1.29, 1.82) is 0 Å². The van der Waals surface area contributed by atoms with Gasteiger partial charge in [-0.2, -0.15) is 0 Å². The van der Waals surface area contributed by atoms with Crippen LogP contribution in [0.25, 0.3) is 22.3 Å². The third-order valence-electron chi connectivity index (χ3n) is 7.02. The van der Waals surface area contributed by atoms with Gasteiger partial charge in [0.25, 0.3) is 0 Å². The Bertz CT molecular complexity index is 1440. The Balaban J connectivity index is 1.04. The van der Waals surface area contributed by atoms with E-state index in [2.05, 4.69) is 9.47 Å². The highest BCUT2D eigenvalue weighted by molar-refractivity contribution is 5.66. The average Bonchev–Trinajstić information content (AvgIpc) is 3.01. The molecular formula is C35H32F8O4. The molecule has 0 aromatic heterocycles. The fraction of sp³-hybridized carbons (Fsp3) is 0.314. The van der Waals surface area contributed by atoms with Crippen molar-refractivity contribution in [2.45, 2.75) is 57.7 Å². The highest BCUT2D eigenvalue weighted by atomic mass is 19.4. The molecule has 0 N–H and O–H groups in total. The molecule has 4 aromatic rings. The van der Waals surface area contributed by atoms with Crippen LogP contribution in [0.4, 0.5) is 35.1 Å². The number of ether oxygens (including phenoxy) is 4. The lowest BCUT2D eigenvalue weighted by Crippen LogP contribution is -2.17. The SMILES string of the molecule is Fc1cc(-c2ccc(OCCCCCCCCCOc3ccc(-c4ccc(OC(F)(F)F)c(F)c4)cc3)cc2)ccc1OC(F)(F)F. The molecule has 0 saturated carbocycles. The van der Waals surface area contributed by atoms with Crippen LogP contribution in [0, 0.1) is 11.6 Å². The van der Waals surface area contributed by atoms with Crippen molar-refractivity contribution in [3.8, 4) is 45.3 Å². The van der Waals surface area contributed by atoms with E-state index in [1.165, 1.54) is 12.1 Å². The minimum atomic E-state index is -4.97. The Kier molecular flexibility index (Phi) is 12.3. The molecule has 0 amide bonds. The van der Waals surface area contributed by atoms with E-state index < -0.39 is 35.9 Å². The fourth-order valence-electron chi connectivity index (χ4n) is 4.73. The van der Waals surface area contributed by atoms with Crippen LogP contribution in [0.3, 0.4) is 0 Å². The standard InChI is InChI=1S/C35H32F8O4/c36-30-22-26(12-18-32(30)46-34(38,39)40)24-8-14-28(15-9-24)44-20-6-4-2-1-3-5-7-21-45-29-16-10-25(11-17-29)27-13-19-33(31(37)23-27)47-35(41,42)43/h8-19,22-23H,1-7,20-21H2. The molecule has 0 aliphatic rings. The molecule has 12 heteroatoms. The molecule has 0 spiro atoms. The van der Waals surface area contributed by atoms with Gasteiger partial charge in [0.15, 0.2) is 23.1 Å². The van der Waals surface area contributed by atoms with E-state index in [-0.39, 0.29) is 0 Å². The Morgan fingerprint density at radius 3 is 1.04 bits per heavy atom. The molecule has 0 unspecified atom stereocenters. The molecule has 0 fully saturated rings. The summed E-state index contributed by atoms with van der Waals surface area (Å²) < 4.78 is 121. The Morgan fingerprint density at radius 1 is 0.404 bits per heavy atom. The van der Waals surface area contributed by atoms with Gasteiger partial charge in [-0.1, -0.05) is 68.5 Å². The first-order valence-electron chi connectivity index (χ1n) is 14.9. The average molecular weight is 669 g/mol. The summed E-state index contributed by atoms with van der Waals surface area (Å²) in [6.07, 6.45) is -2.95. The van der Waals surface area contributed by atoms with Crippen molar-refractivity contribution < 1.29 is 54.1 Å². The second-order valence-corrected chi connectivity index (χ2v) is 10.6. The van der Waals surface area contributed by atoms with Gasteiger partial charge in [0.2, 0.25) is 0 Å². The lowest BCUT2D eigenvalue weighted by Gasteiger charge is -2.11. The number of hydrogen-bond donors (Lipinski definition) is 0. The molecular weight excluding hydrogens is 636 g/mol. The van der Waals surface area contributed by atoms with Gasteiger partial charge in [0, 0.05) is 0 Å². The second kappa shape index (κ2) is 16.4. The van der Waals surface area contributed by atoms with E-state index in [0.29, 0.717) is 47.0 Å². The maximum Gasteiger partial charge on any atom is 0.573 e. The van der Waals surface area contributed by atoms with E-state index in [1.807, 2.05) is 0 Å². The fourth-order valence-corrected chi connectivity index (χ4v) is 4.73. The number of benzene rings is 4. The summed E-state index contributed by atoms with van der Waals surface area (Å²) in [4.78, 5) is 0. The van der Waals surface area contributed by atoms with Crippen LogP contribution in [-0.2, 0) is 0 Å². The molecule has 47 heavy (non-hydrogen) atoms. The molecule has 4 aromatic carbocycles. The second-order valence-electron chi connectivity index (χ2n) is 10.6. The summed E-state index contributed by atoms with van der Waals surface area (Å²) in [6.45, 7) is 1.08. The monoisotopic (exact) mass is 668 g/mol. The summed E-state index contributed by atoms with van der Waals surface area (Å²) >= 11 is 0. The molecule has 0 radical (unpaired) electrons. The van der Waals surface area contributed by atoms with Crippen molar-refractivity contribution in [2.75, 3.05) is 13.2 Å². The third-order valence-corrected chi connectivity index (χ3v) is 7.02. The van der Waals surface area contributed by atoms with E-state index in [1.54, 1.807) is 48.5 Å². The van der Waals surface area contributed by atoms with Gasteiger partial charge in [0.1, 0.15) is 11.5 Å². The van der Waals surface area contributed by atoms with Gasteiger partial charge < -0.3 is 18.9 Å². The first-order valence-corrected chi connectivity index (χ1v) is 14.9. The zero-order valence-electron chi connectivity index (χ0n) is 25.1. The van der Waals surface area contributed by atoms with Crippen LogP contribution in [-0.4, -0.2) is 25.9 Å². The number of alkyl halides is 6. The molecule has 0 aliphatic heterocycles. The summed E-state index contributed by atoms with van der Waals surface area (Å²) in [6, 6.07) is 20.3. The smallest absolute Gasteiger partial charge is 0.494 e. The van der Waals surface area contributed by atoms with Crippen LogP contribution >= 0.6 is 0 Å². The molecule has 0 heterocycles. The van der Waals surface area contributed by atoms with Crippen molar-refractivity contribution in [3.05, 3.63) is 96.6 Å². The van der Waals surface area contributed by atoms with Crippen LogP contribution in [0.15, 0.2) is 84.9 Å². The number of hydrogen-bond acceptors (Lipinski definition) is 4. The Labute approximate surface area is 266 Å². The number of halogens is 8. The molecule has 0 bridgehead atoms. The van der Waals surface area contributed by atoms with E-state index >= 15 is 0 Å². The molecule has 4 nitrogen and oxygen atoms in total.